The molecule has 0 atom stereocenters. The van der Waals surface area contributed by atoms with E-state index in [4.69, 9.17) is 0 Å². The molecule has 0 saturated heterocycles. The van der Waals surface area contributed by atoms with Crippen LogP contribution in [0.4, 0.5) is 40.7 Å². The normalized spacial score (nSPS) is 11.4. The molecule has 0 radical (unpaired) electrons. The van der Waals surface area contributed by atoms with Crippen molar-refractivity contribution in [1.29, 1.82) is 0 Å². The van der Waals surface area contributed by atoms with Gasteiger partial charge in [-0.25, -0.2) is 9.37 Å². The van der Waals surface area contributed by atoms with Crippen LogP contribution in [0.3, 0.4) is 0 Å². The van der Waals surface area contributed by atoms with Crippen molar-refractivity contribution in [1.82, 2.24) is 9.97 Å². The van der Waals surface area contributed by atoms with Crippen molar-refractivity contribution in [2.45, 2.75) is 19.5 Å². The molecule has 1 heterocycles. The van der Waals surface area contributed by atoms with Gasteiger partial charge in [0, 0.05) is 24.6 Å². The molecule has 146 valence electrons. The van der Waals surface area contributed by atoms with Crippen molar-refractivity contribution in [2.24, 2.45) is 0 Å². The van der Waals surface area contributed by atoms with Crippen molar-refractivity contribution >= 4 is 23.1 Å². The molecule has 0 saturated carbocycles. The molecule has 3 rings (SSSR count). The molecule has 1 N–H and O–H groups in total. The van der Waals surface area contributed by atoms with E-state index >= 15 is 0 Å². The minimum atomic E-state index is -4.61. The molecule has 0 amide bonds. The molecule has 0 aliphatic carbocycles. The number of aromatic nitrogens is 2. The summed E-state index contributed by atoms with van der Waals surface area (Å²) in [7, 11) is 1.51. The first-order chi connectivity index (χ1) is 13.3. The predicted molar refractivity (Wildman–Crippen MR) is 101 cm³/mol. The Kier molecular flexibility index (Phi) is 5.48. The van der Waals surface area contributed by atoms with E-state index in [-0.39, 0.29) is 11.8 Å². The second-order valence-corrected chi connectivity index (χ2v) is 6.14. The Morgan fingerprint density at radius 3 is 2.21 bits per heavy atom. The highest BCUT2D eigenvalue weighted by Gasteiger charge is 2.36. The molecule has 0 aliphatic heterocycles. The monoisotopic (exact) mass is 390 g/mol. The Labute approximate surface area is 159 Å². The molecular formula is C20H18F4N4. The van der Waals surface area contributed by atoms with Crippen LogP contribution in [-0.4, -0.2) is 17.0 Å². The van der Waals surface area contributed by atoms with E-state index in [1.54, 1.807) is 12.1 Å². The Morgan fingerprint density at radius 1 is 1.00 bits per heavy atom. The number of benzene rings is 2. The van der Waals surface area contributed by atoms with Gasteiger partial charge in [-0.05, 0) is 48.4 Å². The Hall–Kier alpha value is -3.16. The Morgan fingerprint density at radius 2 is 1.64 bits per heavy atom. The van der Waals surface area contributed by atoms with E-state index in [1.165, 1.54) is 36.2 Å². The Bertz CT molecular complexity index is 938. The Balaban J connectivity index is 1.98. The van der Waals surface area contributed by atoms with Crippen molar-refractivity contribution in [3.63, 3.8) is 0 Å². The van der Waals surface area contributed by atoms with Crippen LogP contribution in [0, 0.1) is 5.82 Å². The fourth-order valence-corrected chi connectivity index (χ4v) is 2.63. The first-order valence-corrected chi connectivity index (χ1v) is 8.57. The van der Waals surface area contributed by atoms with Crippen LogP contribution in [-0.2, 0) is 12.6 Å². The third kappa shape index (κ3) is 4.39. The quantitative estimate of drug-likeness (QED) is 0.567. The zero-order valence-corrected chi connectivity index (χ0v) is 15.3. The number of nitrogens with one attached hydrogen (secondary N) is 1. The van der Waals surface area contributed by atoms with Crippen LogP contribution >= 0.6 is 0 Å². The van der Waals surface area contributed by atoms with Crippen LogP contribution in [0.25, 0.3) is 0 Å². The van der Waals surface area contributed by atoms with E-state index in [0.717, 1.165) is 18.2 Å². The fraction of sp³-hybridized carbons (Fsp3) is 0.200. The second kappa shape index (κ2) is 7.84. The molecule has 0 spiro atoms. The number of aryl methyl sites for hydroxylation is 1. The average Bonchev–Trinajstić information content (AvgIpc) is 2.68. The number of nitrogens with zero attached hydrogens (tertiary/aromatic N) is 3. The number of anilines is 4. The van der Waals surface area contributed by atoms with E-state index < -0.39 is 17.6 Å². The minimum Gasteiger partial charge on any atom is -0.329 e. The van der Waals surface area contributed by atoms with Gasteiger partial charge in [0.25, 0.3) is 0 Å². The maximum Gasteiger partial charge on any atom is 0.421 e. The van der Waals surface area contributed by atoms with E-state index in [9.17, 15) is 17.6 Å². The summed E-state index contributed by atoms with van der Waals surface area (Å²) in [6.45, 7) is 2.00. The lowest BCUT2D eigenvalue weighted by Crippen LogP contribution is -2.19. The van der Waals surface area contributed by atoms with Gasteiger partial charge in [0.15, 0.2) is 5.82 Å². The van der Waals surface area contributed by atoms with E-state index in [0.29, 0.717) is 11.4 Å². The highest BCUT2D eigenvalue weighted by Crippen LogP contribution is 2.37. The largest absolute Gasteiger partial charge is 0.421 e. The summed E-state index contributed by atoms with van der Waals surface area (Å²) < 4.78 is 53.5. The van der Waals surface area contributed by atoms with Gasteiger partial charge in [-0.3, -0.25) is 0 Å². The predicted octanol–water partition coefficient (Wildman–Crippen LogP) is 5.71. The summed E-state index contributed by atoms with van der Waals surface area (Å²) in [6.07, 6.45) is -3.04. The molecule has 3 aromatic rings. The molecule has 1 aromatic heterocycles. The van der Waals surface area contributed by atoms with Gasteiger partial charge < -0.3 is 10.2 Å². The van der Waals surface area contributed by atoms with Crippen molar-refractivity contribution in [2.75, 3.05) is 17.3 Å². The third-order valence-corrected chi connectivity index (χ3v) is 4.22. The van der Waals surface area contributed by atoms with Crippen LogP contribution in [0.2, 0.25) is 0 Å². The molecule has 8 heteroatoms. The van der Waals surface area contributed by atoms with Gasteiger partial charge in [-0.1, -0.05) is 19.1 Å². The lowest BCUT2D eigenvalue weighted by molar-refractivity contribution is -0.137. The van der Waals surface area contributed by atoms with Gasteiger partial charge in [0.2, 0.25) is 5.95 Å². The van der Waals surface area contributed by atoms with Crippen molar-refractivity contribution in [3.05, 3.63) is 71.7 Å². The fourth-order valence-electron chi connectivity index (χ4n) is 2.63. The van der Waals surface area contributed by atoms with Crippen LogP contribution < -0.4 is 10.2 Å². The molecule has 2 aromatic carbocycles. The third-order valence-electron chi connectivity index (χ3n) is 4.22. The molecule has 28 heavy (non-hydrogen) atoms. The van der Waals surface area contributed by atoms with Crippen LogP contribution in [0.5, 0.6) is 0 Å². The SMILES string of the molecule is CCc1ccc(N(C)c2nc(Nc3ccc(F)cc3)ncc2C(F)(F)F)cc1. The van der Waals surface area contributed by atoms with Crippen molar-refractivity contribution in [3.8, 4) is 0 Å². The average molecular weight is 390 g/mol. The summed E-state index contributed by atoms with van der Waals surface area (Å²) in [6, 6.07) is 12.6. The molecule has 0 aliphatic rings. The number of halogens is 4. The van der Waals surface area contributed by atoms with Crippen molar-refractivity contribution < 1.29 is 17.6 Å². The summed E-state index contributed by atoms with van der Waals surface area (Å²) in [4.78, 5) is 9.19. The second-order valence-electron chi connectivity index (χ2n) is 6.14. The summed E-state index contributed by atoms with van der Waals surface area (Å²) in [5.41, 5.74) is 1.16. The highest BCUT2D eigenvalue weighted by atomic mass is 19.4. The van der Waals surface area contributed by atoms with Gasteiger partial charge in [0.05, 0.1) is 0 Å². The smallest absolute Gasteiger partial charge is 0.329 e. The number of alkyl halides is 3. The van der Waals surface area contributed by atoms with Crippen LogP contribution in [0.15, 0.2) is 54.7 Å². The van der Waals surface area contributed by atoms with Gasteiger partial charge in [-0.15, -0.1) is 0 Å². The molecule has 4 nitrogen and oxygen atoms in total. The zero-order chi connectivity index (χ0) is 20.3. The summed E-state index contributed by atoms with van der Waals surface area (Å²) >= 11 is 0. The highest BCUT2D eigenvalue weighted by molar-refractivity contribution is 5.65. The number of hydrogen-bond donors (Lipinski definition) is 1. The topological polar surface area (TPSA) is 41.1 Å². The summed E-state index contributed by atoms with van der Waals surface area (Å²) in [5, 5.41) is 2.79. The molecule has 0 fully saturated rings. The van der Waals surface area contributed by atoms with Crippen LogP contribution in [0.1, 0.15) is 18.1 Å². The molecule has 0 unspecified atom stereocenters. The van der Waals surface area contributed by atoms with E-state index in [1.807, 2.05) is 19.1 Å². The number of rotatable bonds is 5. The minimum absolute atomic E-state index is 0.0216. The first-order valence-electron chi connectivity index (χ1n) is 8.57. The molecule has 0 bridgehead atoms. The lowest BCUT2D eigenvalue weighted by Gasteiger charge is -2.23. The van der Waals surface area contributed by atoms with Gasteiger partial charge >= 0.3 is 6.18 Å². The maximum atomic E-state index is 13.5. The van der Waals surface area contributed by atoms with Gasteiger partial charge in [0.1, 0.15) is 11.4 Å². The van der Waals surface area contributed by atoms with E-state index in [2.05, 4.69) is 15.3 Å². The zero-order valence-electron chi connectivity index (χ0n) is 15.3. The maximum absolute atomic E-state index is 13.5. The lowest BCUT2D eigenvalue weighted by atomic mass is 10.1. The number of hydrogen-bond acceptors (Lipinski definition) is 4. The summed E-state index contributed by atoms with van der Waals surface area (Å²) in [5.74, 6) is -0.724. The standard InChI is InChI=1S/C20H18F4N4/c1-3-13-4-10-16(11-5-13)28(2)18-17(20(22,23)24)12-25-19(27-18)26-15-8-6-14(21)7-9-15/h4-12H,3H2,1-2H3,(H,25,26,27). The molecular weight excluding hydrogens is 372 g/mol. The first kappa shape index (κ1) is 19.6. The van der Waals surface area contributed by atoms with Gasteiger partial charge in [-0.2, -0.15) is 18.2 Å².